The second-order valence-electron chi connectivity index (χ2n) is 12.9. The van der Waals surface area contributed by atoms with Crippen LogP contribution in [0.3, 0.4) is 0 Å². The van der Waals surface area contributed by atoms with Crippen molar-refractivity contribution in [2.75, 3.05) is 5.32 Å². The fraction of sp³-hybridized carbons (Fsp3) is 0.263. The summed E-state index contributed by atoms with van der Waals surface area (Å²) in [4.78, 5) is 14.3. The molecule has 4 aromatic carbocycles. The molecular formula is C38H35F2N5O3S. The molecule has 2 aliphatic carbocycles. The number of carbonyl (C=O) groups excluding carboxylic acids is 1. The zero-order valence-electron chi connectivity index (χ0n) is 26.9. The number of alkyl halides is 1. The molecule has 3 atom stereocenters. The van der Waals surface area contributed by atoms with Crippen molar-refractivity contribution < 1.29 is 22.5 Å². The van der Waals surface area contributed by atoms with Gasteiger partial charge in [-0.05, 0) is 65.1 Å². The van der Waals surface area contributed by atoms with E-state index in [2.05, 4.69) is 19.5 Å². The van der Waals surface area contributed by atoms with Gasteiger partial charge in [0.05, 0.1) is 12.7 Å². The molecule has 1 unspecified atom stereocenters. The number of halogens is 2. The van der Waals surface area contributed by atoms with Crippen LogP contribution in [0.25, 0.3) is 0 Å². The summed E-state index contributed by atoms with van der Waals surface area (Å²) in [6.45, 7) is 2.32. The van der Waals surface area contributed by atoms with E-state index in [0.717, 1.165) is 23.1 Å². The van der Waals surface area contributed by atoms with Crippen molar-refractivity contribution in [1.29, 1.82) is 0 Å². The van der Waals surface area contributed by atoms with Gasteiger partial charge in [0.15, 0.2) is 9.92 Å². The lowest BCUT2D eigenvalue weighted by atomic mass is 9.78. The smallest absolute Gasteiger partial charge is 0.354 e. The lowest BCUT2D eigenvalue weighted by molar-refractivity contribution is 0.248. The molecule has 0 spiro atoms. The number of aromatic nitrogens is 2. The van der Waals surface area contributed by atoms with Gasteiger partial charge in [-0.2, -0.15) is 5.10 Å². The molecule has 1 aliphatic heterocycles. The molecule has 5 aromatic rings. The van der Waals surface area contributed by atoms with Gasteiger partial charge in [-0.1, -0.05) is 91.0 Å². The highest BCUT2D eigenvalue weighted by atomic mass is 32.2. The van der Waals surface area contributed by atoms with Gasteiger partial charge in [0.1, 0.15) is 28.5 Å². The molecule has 1 aromatic heterocycles. The first kappa shape index (κ1) is 31.4. The number of fused-ring (bicyclic) bond motifs is 3. The predicted octanol–water partition coefficient (Wildman–Crippen LogP) is 7.28. The number of hydrogen-bond acceptors (Lipinski definition) is 4. The van der Waals surface area contributed by atoms with Gasteiger partial charge >= 0.3 is 6.03 Å². The summed E-state index contributed by atoms with van der Waals surface area (Å²) in [5.74, 6) is -0.114. The zero-order valence-corrected chi connectivity index (χ0v) is 27.7. The van der Waals surface area contributed by atoms with Crippen molar-refractivity contribution in [2.24, 2.45) is 4.36 Å². The second kappa shape index (κ2) is 12.2. The summed E-state index contributed by atoms with van der Waals surface area (Å²) in [6, 6.07) is 27.8. The summed E-state index contributed by atoms with van der Waals surface area (Å²) in [7, 11) is -3.94. The van der Waals surface area contributed by atoms with E-state index < -0.39 is 27.7 Å². The maximum atomic E-state index is 15.8. The Hall–Kier alpha value is -4.87. The van der Waals surface area contributed by atoms with E-state index >= 15 is 8.60 Å². The van der Waals surface area contributed by atoms with Gasteiger partial charge in [-0.3, -0.25) is 0 Å². The highest BCUT2D eigenvalue weighted by Crippen LogP contribution is 2.43. The molecule has 8 nitrogen and oxygen atoms in total. The third-order valence-electron chi connectivity index (χ3n) is 9.72. The third kappa shape index (κ3) is 5.32. The number of benzene rings is 4. The Balaban J connectivity index is 1.33. The van der Waals surface area contributed by atoms with Gasteiger partial charge in [-0.25, -0.2) is 27.2 Å². The fourth-order valence-electron chi connectivity index (χ4n) is 7.60. The van der Waals surface area contributed by atoms with Crippen LogP contribution < -0.4 is 14.8 Å². The number of amides is 2. The minimum atomic E-state index is -3.94. The maximum absolute atomic E-state index is 15.8. The number of urea groups is 1. The molecule has 0 radical (unpaired) electrons. The zero-order chi connectivity index (χ0) is 33.8. The number of hydrogen-bond donors (Lipinski definition) is 2. The van der Waals surface area contributed by atoms with Crippen molar-refractivity contribution in [1.82, 2.24) is 14.5 Å². The van der Waals surface area contributed by atoms with E-state index in [1.165, 1.54) is 6.20 Å². The average molecular weight is 680 g/mol. The highest BCUT2D eigenvalue weighted by Gasteiger charge is 2.43. The molecule has 8 rings (SSSR count). The van der Waals surface area contributed by atoms with Crippen LogP contribution in [-0.4, -0.2) is 32.3 Å². The normalized spacial score (nSPS) is 19.0. The SMILES string of the molecule is C[C@H]1Cn2ncc(S(=O)(=NC(=O)Nc3c4c(c(F)c5c3C[C@H](F)C5)CCC4)NC(c3ccccc3)(c3ccccc3)c3ccccc3)c2O1. The standard InChI is InChI=1S/C38H35F2N5O3S/c1-24-23-45-36(48-24)33(22-41-45)49(47,43-37(46)42-35-30-19-11-18-29(30)34(40)31-20-28(39)21-32(31)35)44-38(25-12-5-2-6-13-25,26-14-7-3-8-15-26)27-16-9-4-10-17-27/h2-10,12-17,22,24,28H,11,18-21,23H2,1H3,(H2,42,43,44,46,47)/t24-,28+,49?/m0/s1. The van der Waals surface area contributed by atoms with Crippen molar-refractivity contribution in [2.45, 2.75) is 68.3 Å². The van der Waals surface area contributed by atoms with Crippen molar-refractivity contribution >= 4 is 21.6 Å². The lowest BCUT2D eigenvalue weighted by Gasteiger charge is -2.37. The predicted molar refractivity (Wildman–Crippen MR) is 183 cm³/mol. The summed E-state index contributed by atoms with van der Waals surface area (Å²) < 4.78 is 61.6. The Bertz CT molecular complexity index is 2090. The number of nitrogens with one attached hydrogen (secondary N) is 2. The third-order valence-corrected chi connectivity index (χ3v) is 11.6. The van der Waals surface area contributed by atoms with E-state index in [-0.39, 0.29) is 35.5 Å². The first-order chi connectivity index (χ1) is 23.8. The minimum Gasteiger partial charge on any atom is -0.472 e. The van der Waals surface area contributed by atoms with Crippen LogP contribution >= 0.6 is 0 Å². The molecule has 0 saturated heterocycles. The second-order valence-corrected chi connectivity index (χ2v) is 14.8. The number of carbonyl (C=O) groups is 1. The van der Waals surface area contributed by atoms with Crippen molar-refractivity contribution in [3.63, 3.8) is 0 Å². The summed E-state index contributed by atoms with van der Waals surface area (Å²) in [6.07, 6.45) is 1.67. The Morgan fingerprint density at radius 1 is 0.898 bits per heavy atom. The maximum Gasteiger partial charge on any atom is 0.354 e. The minimum absolute atomic E-state index is 0.00937. The van der Waals surface area contributed by atoms with Gasteiger partial charge in [-0.15, -0.1) is 4.36 Å². The number of rotatable bonds is 7. The highest BCUT2D eigenvalue weighted by molar-refractivity contribution is 7.92. The van der Waals surface area contributed by atoms with Crippen LogP contribution in [0.15, 0.2) is 106 Å². The monoisotopic (exact) mass is 679 g/mol. The quantitative estimate of drug-likeness (QED) is 0.177. The Labute approximate surface area is 283 Å². The van der Waals surface area contributed by atoms with E-state index in [9.17, 15) is 9.18 Å². The van der Waals surface area contributed by atoms with Crippen LogP contribution in [0, 0.1) is 5.82 Å². The van der Waals surface area contributed by atoms with Crippen molar-refractivity contribution in [3.05, 3.63) is 142 Å². The van der Waals surface area contributed by atoms with E-state index in [1.807, 2.05) is 97.9 Å². The summed E-state index contributed by atoms with van der Waals surface area (Å²) in [5.41, 5.74) is 3.30. The molecule has 2 N–H and O–H groups in total. The van der Waals surface area contributed by atoms with Gasteiger partial charge in [0.2, 0.25) is 5.88 Å². The molecular weight excluding hydrogens is 645 g/mol. The summed E-state index contributed by atoms with van der Waals surface area (Å²) in [5, 5.41) is 7.33. The van der Waals surface area contributed by atoms with E-state index in [0.29, 0.717) is 47.3 Å². The molecule has 0 bridgehead atoms. The Kier molecular flexibility index (Phi) is 7.83. The Morgan fingerprint density at radius 2 is 1.47 bits per heavy atom. The molecule has 2 amide bonds. The fourth-order valence-corrected chi connectivity index (χ4v) is 9.48. The number of nitrogens with zero attached hydrogens (tertiary/aromatic N) is 3. The molecule has 49 heavy (non-hydrogen) atoms. The van der Waals surface area contributed by atoms with E-state index in [1.54, 1.807) is 4.68 Å². The molecule has 0 saturated carbocycles. The molecule has 250 valence electrons. The number of ether oxygens (including phenoxy) is 1. The molecule has 11 heteroatoms. The largest absolute Gasteiger partial charge is 0.472 e. The van der Waals surface area contributed by atoms with Gasteiger partial charge in [0.25, 0.3) is 0 Å². The van der Waals surface area contributed by atoms with Crippen LogP contribution in [0.1, 0.15) is 52.3 Å². The molecule has 3 aliphatic rings. The van der Waals surface area contributed by atoms with Crippen LogP contribution in [0.5, 0.6) is 5.88 Å². The summed E-state index contributed by atoms with van der Waals surface area (Å²) >= 11 is 0. The van der Waals surface area contributed by atoms with Gasteiger partial charge in [0, 0.05) is 18.5 Å². The van der Waals surface area contributed by atoms with Crippen LogP contribution in [-0.2, 0) is 47.7 Å². The molecule has 2 heterocycles. The van der Waals surface area contributed by atoms with Crippen LogP contribution in [0.2, 0.25) is 0 Å². The molecule has 0 fully saturated rings. The van der Waals surface area contributed by atoms with Gasteiger partial charge < -0.3 is 10.1 Å². The van der Waals surface area contributed by atoms with E-state index in [4.69, 9.17) is 4.74 Å². The first-order valence-corrected chi connectivity index (χ1v) is 18.0. The first-order valence-electron chi connectivity index (χ1n) is 16.5. The van der Waals surface area contributed by atoms with Crippen LogP contribution in [0.4, 0.5) is 19.3 Å². The van der Waals surface area contributed by atoms with Crippen molar-refractivity contribution in [3.8, 4) is 5.88 Å². The average Bonchev–Trinajstić information content (AvgIpc) is 3.91. The topological polar surface area (TPSA) is 97.6 Å². The Morgan fingerprint density at radius 3 is 2.08 bits per heavy atom. The number of anilines is 1. The lowest BCUT2D eigenvalue weighted by Crippen LogP contribution is -2.48.